The number of likely N-dealkylation sites (tertiary alicyclic amines) is 1. The molecule has 0 aliphatic carbocycles. The van der Waals surface area contributed by atoms with Crippen LogP contribution in [0.4, 0.5) is 0 Å². The Hall–Kier alpha value is -1.87. The Morgan fingerprint density at radius 3 is 2.42 bits per heavy atom. The van der Waals surface area contributed by atoms with Crippen molar-refractivity contribution in [1.82, 2.24) is 4.57 Å². The highest BCUT2D eigenvalue weighted by Crippen LogP contribution is 2.17. The molecule has 3 rings (SSSR count). The van der Waals surface area contributed by atoms with E-state index in [1.807, 2.05) is 20.0 Å². The maximum Gasteiger partial charge on any atom is 0.218 e. The number of quaternary nitrogens is 1. The van der Waals surface area contributed by atoms with E-state index < -0.39 is 0 Å². The normalized spacial score (nSPS) is 21.0. The summed E-state index contributed by atoms with van der Waals surface area (Å²) < 4.78 is 2.11. The molecule has 1 fully saturated rings. The molecule has 1 saturated heterocycles. The smallest absolute Gasteiger partial charge is 0.218 e. The third-order valence-electron chi connectivity index (χ3n) is 5.67. The van der Waals surface area contributed by atoms with E-state index >= 15 is 0 Å². The molecule has 2 heterocycles. The van der Waals surface area contributed by atoms with Gasteiger partial charge in [-0.1, -0.05) is 30.3 Å². The highest BCUT2D eigenvalue weighted by Gasteiger charge is 2.25. The number of hydrogen-bond acceptors (Lipinski definition) is 1. The molecule has 2 aromatic rings. The van der Waals surface area contributed by atoms with Gasteiger partial charge in [-0.25, -0.2) is 0 Å². The minimum Gasteiger partial charge on any atom is -0.351 e. The Balaban J connectivity index is 1.52. The topological polar surface area (TPSA) is 26.4 Å². The van der Waals surface area contributed by atoms with Gasteiger partial charge in [0.05, 0.1) is 13.1 Å². The van der Waals surface area contributed by atoms with Gasteiger partial charge < -0.3 is 9.47 Å². The summed E-state index contributed by atoms with van der Waals surface area (Å²) in [6.45, 7) is 6.98. The van der Waals surface area contributed by atoms with Crippen molar-refractivity contribution in [2.45, 2.75) is 33.1 Å². The molecule has 0 spiro atoms. The zero-order chi connectivity index (χ0) is 17.1. The summed E-state index contributed by atoms with van der Waals surface area (Å²) >= 11 is 0. The first-order valence-corrected chi connectivity index (χ1v) is 9.08. The van der Waals surface area contributed by atoms with E-state index in [-0.39, 0.29) is 0 Å². The van der Waals surface area contributed by atoms with Gasteiger partial charge in [0.25, 0.3) is 0 Å². The number of nitrogens with zero attached hydrogens (tertiary/aromatic N) is 1. The minimum absolute atomic E-state index is 0.299. The van der Waals surface area contributed by atoms with Crippen LogP contribution in [0.3, 0.4) is 0 Å². The van der Waals surface area contributed by atoms with Gasteiger partial charge in [-0.05, 0) is 50.7 Å². The number of Topliss-reactive ketones (excluding diaryl/α,β-unsaturated/α-hetero) is 1. The molecule has 0 amide bonds. The SMILES string of the molecule is Cc1cc(C(=O)C[NH+]2CCC(Cc3ccccc3)CC2)c(C)n1C. The Morgan fingerprint density at radius 1 is 1.17 bits per heavy atom. The zero-order valence-corrected chi connectivity index (χ0v) is 15.1. The number of hydrogen-bond donors (Lipinski definition) is 1. The number of rotatable bonds is 5. The lowest BCUT2D eigenvalue weighted by atomic mass is 9.90. The van der Waals surface area contributed by atoms with Crippen LogP contribution < -0.4 is 4.90 Å². The molecule has 0 atom stereocenters. The number of carbonyl (C=O) groups excluding carboxylic acids is 1. The van der Waals surface area contributed by atoms with Gasteiger partial charge >= 0.3 is 0 Å². The van der Waals surface area contributed by atoms with E-state index in [1.165, 1.54) is 29.7 Å². The predicted molar refractivity (Wildman–Crippen MR) is 97.7 cm³/mol. The summed E-state index contributed by atoms with van der Waals surface area (Å²) in [5.74, 6) is 1.07. The van der Waals surface area contributed by atoms with Crippen LogP contribution in [0.5, 0.6) is 0 Å². The van der Waals surface area contributed by atoms with Crippen molar-refractivity contribution in [3.05, 3.63) is 58.9 Å². The number of aryl methyl sites for hydroxylation is 1. The third kappa shape index (κ3) is 3.78. The molecule has 128 valence electrons. The molecule has 1 aliphatic heterocycles. The fourth-order valence-electron chi connectivity index (χ4n) is 3.87. The van der Waals surface area contributed by atoms with Crippen LogP contribution >= 0.6 is 0 Å². The molecule has 1 N–H and O–H groups in total. The summed E-state index contributed by atoms with van der Waals surface area (Å²) in [5, 5.41) is 0. The Kier molecular flexibility index (Phi) is 5.20. The second-order valence-electron chi connectivity index (χ2n) is 7.33. The van der Waals surface area contributed by atoms with E-state index in [4.69, 9.17) is 0 Å². The van der Waals surface area contributed by atoms with Crippen molar-refractivity contribution in [1.29, 1.82) is 0 Å². The summed E-state index contributed by atoms with van der Waals surface area (Å²) in [7, 11) is 2.03. The average molecular weight is 325 g/mol. The number of aromatic nitrogens is 1. The van der Waals surface area contributed by atoms with E-state index in [9.17, 15) is 4.79 Å². The van der Waals surface area contributed by atoms with Gasteiger partial charge in [-0.3, -0.25) is 4.79 Å². The van der Waals surface area contributed by atoms with Crippen LogP contribution in [-0.4, -0.2) is 30.0 Å². The van der Waals surface area contributed by atoms with Crippen molar-refractivity contribution >= 4 is 5.78 Å². The number of nitrogens with one attached hydrogen (secondary N) is 1. The van der Waals surface area contributed by atoms with E-state index in [1.54, 1.807) is 0 Å². The van der Waals surface area contributed by atoms with Gasteiger partial charge in [-0.2, -0.15) is 0 Å². The molecular weight excluding hydrogens is 296 g/mol. The van der Waals surface area contributed by atoms with E-state index in [0.717, 1.165) is 36.0 Å². The summed E-state index contributed by atoms with van der Waals surface area (Å²) in [5.41, 5.74) is 4.61. The Bertz CT molecular complexity index is 694. The molecule has 0 radical (unpaired) electrons. The molecule has 0 bridgehead atoms. The second-order valence-corrected chi connectivity index (χ2v) is 7.33. The maximum atomic E-state index is 12.6. The molecule has 1 aliphatic rings. The first kappa shape index (κ1) is 17.0. The van der Waals surface area contributed by atoms with Crippen molar-refractivity contribution in [2.24, 2.45) is 13.0 Å². The molecular formula is C21H29N2O+. The maximum absolute atomic E-state index is 12.6. The van der Waals surface area contributed by atoms with Crippen molar-refractivity contribution in [2.75, 3.05) is 19.6 Å². The highest BCUT2D eigenvalue weighted by molar-refractivity contribution is 5.98. The number of benzene rings is 1. The standard InChI is InChI=1S/C21H28N2O/c1-16-13-20(17(2)22(16)3)21(24)15-23-11-9-19(10-12-23)14-18-7-5-4-6-8-18/h4-8,13,19H,9-12,14-15H2,1-3H3/p+1. The highest BCUT2D eigenvalue weighted by atomic mass is 16.1. The quantitative estimate of drug-likeness (QED) is 0.839. The molecule has 0 unspecified atom stereocenters. The lowest BCUT2D eigenvalue weighted by Gasteiger charge is -2.29. The Labute approximate surface area is 145 Å². The monoisotopic (exact) mass is 325 g/mol. The molecule has 24 heavy (non-hydrogen) atoms. The predicted octanol–water partition coefficient (Wildman–Crippen LogP) is 2.36. The van der Waals surface area contributed by atoms with Gasteiger partial charge in [0.1, 0.15) is 6.54 Å². The van der Waals surface area contributed by atoms with Gasteiger partial charge in [0.2, 0.25) is 5.78 Å². The number of ketones is 1. The van der Waals surface area contributed by atoms with Crippen molar-refractivity contribution in [3.8, 4) is 0 Å². The fourth-order valence-corrected chi connectivity index (χ4v) is 3.87. The summed E-state index contributed by atoms with van der Waals surface area (Å²) in [6, 6.07) is 12.8. The third-order valence-corrected chi connectivity index (χ3v) is 5.67. The van der Waals surface area contributed by atoms with Crippen LogP contribution in [0.2, 0.25) is 0 Å². The molecule has 1 aromatic heterocycles. The summed E-state index contributed by atoms with van der Waals surface area (Å²) in [6.07, 6.45) is 3.63. The zero-order valence-electron chi connectivity index (χ0n) is 15.1. The first-order valence-electron chi connectivity index (χ1n) is 9.08. The van der Waals surface area contributed by atoms with Gasteiger partial charge in [-0.15, -0.1) is 0 Å². The average Bonchev–Trinajstić information content (AvgIpc) is 2.85. The largest absolute Gasteiger partial charge is 0.351 e. The lowest BCUT2D eigenvalue weighted by molar-refractivity contribution is -0.897. The van der Waals surface area contributed by atoms with Gasteiger partial charge in [0.15, 0.2) is 0 Å². The first-order chi connectivity index (χ1) is 11.5. The van der Waals surface area contributed by atoms with Crippen LogP contribution in [0.25, 0.3) is 0 Å². The molecule has 3 nitrogen and oxygen atoms in total. The van der Waals surface area contributed by atoms with Crippen LogP contribution in [0, 0.1) is 19.8 Å². The van der Waals surface area contributed by atoms with Crippen LogP contribution in [0.15, 0.2) is 36.4 Å². The van der Waals surface area contributed by atoms with E-state index in [0.29, 0.717) is 12.3 Å². The summed E-state index contributed by atoms with van der Waals surface area (Å²) in [4.78, 5) is 14.1. The van der Waals surface area contributed by atoms with E-state index in [2.05, 4.69) is 41.8 Å². The fraction of sp³-hybridized carbons (Fsp3) is 0.476. The number of piperidine rings is 1. The van der Waals surface area contributed by atoms with Crippen LogP contribution in [0.1, 0.15) is 40.2 Å². The van der Waals surface area contributed by atoms with Crippen molar-refractivity contribution in [3.63, 3.8) is 0 Å². The van der Waals surface area contributed by atoms with Gasteiger partial charge in [0, 0.05) is 24.0 Å². The molecule has 1 aromatic carbocycles. The second kappa shape index (κ2) is 7.35. The Morgan fingerprint density at radius 2 is 1.83 bits per heavy atom. The minimum atomic E-state index is 0.299. The number of carbonyl (C=O) groups is 1. The lowest BCUT2D eigenvalue weighted by Crippen LogP contribution is -3.14. The molecule has 3 heteroatoms. The van der Waals surface area contributed by atoms with Crippen LogP contribution in [-0.2, 0) is 13.5 Å². The van der Waals surface area contributed by atoms with Crippen molar-refractivity contribution < 1.29 is 9.69 Å². The molecule has 0 saturated carbocycles.